The minimum absolute atomic E-state index is 0.441. The van der Waals surface area contributed by atoms with Gasteiger partial charge in [-0.2, -0.15) is 0 Å². The Morgan fingerprint density at radius 3 is 2.91 bits per heavy atom. The van der Waals surface area contributed by atoms with Crippen molar-refractivity contribution in [2.24, 2.45) is 4.99 Å². The van der Waals surface area contributed by atoms with E-state index in [0.29, 0.717) is 6.42 Å². The summed E-state index contributed by atoms with van der Waals surface area (Å²) in [6.07, 6.45) is 1.33. The first-order chi connectivity index (χ1) is 5.42. The van der Waals surface area contributed by atoms with Crippen molar-refractivity contribution < 1.29 is 4.79 Å². The SMILES string of the molecule is O=CCC1=Nc2ccccc21. The van der Waals surface area contributed by atoms with Gasteiger partial charge in [0, 0.05) is 12.0 Å². The van der Waals surface area contributed by atoms with Crippen molar-refractivity contribution >= 4 is 17.7 Å². The zero-order valence-electron chi connectivity index (χ0n) is 5.95. The van der Waals surface area contributed by atoms with Gasteiger partial charge < -0.3 is 4.79 Å². The summed E-state index contributed by atoms with van der Waals surface area (Å²) in [4.78, 5) is 14.3. The van der Waals surface area contributed by atoms with Crippen LogP contribution in [0.4, 0.5) is 5.69 Å². The first kappa shape index (κ1) is 6.28. The third-order valence-corrected chi connectivity index (χ3v) is 1.75. The molecule has 0 saturated carbocycles. The summed E-state index contributed by atoms with van der Waals surface area (Å²) in [5.74, 6) is 0. The third-order valence-electron chi connectivity index (χ3n) is 1.75. The van der Waals surface area contributed by atoms with E-state index in [4.69, 9.17) is 0 Å². The van der Waals surface area contributed by atoms with E-state index in [1.54, 1.807) is 0 Å². The predicted molar refractivity (Wildman–Crippen MR) is 43.3 cm³/mol. The maximum absolute atomic E-state index is 10.1. The minimum Gasteiger partial charge on any atom is -0.303 e. The highest BCUT2D eigenvalue weighted by Crippen LogP contribution is 2.29. The zero-order valence-corrected chi connectivity index (χ0v) is 5.95. The van der Waals surface area contributed by atoms with Crippen molar-refractivity contribution in [3.8, 4) is 0 Å². The van der Waals surface area contributed by atoms with E-state index in [0.717, 1.165) is 23.2 Å². The highest BCUT2D eigenvalue weighted by Gasteiger charge is 2.15. The fraction of sp³-hybridized carbons (Fsp3) is 0.111. The van der Waals surface area contributed by atoms with Gasteiger partial charge in [0.05, 0.1) is 11.4 Å². The van der Waals surface area contributed by atoms with E-state index in [9.17, 15) is 4.79 Å². The standard InChI is InChI=1S/C9H7NO/c11-6-5-9-7-3-1-2-4-8(7)10-9/h1-4,6H,5H2. The molecule has 2 rings (SSSR count). The molecule has 0 aromatic heterocycles. The van der Waals surface area contributed by atoms with Crippen molar-refractivity contribution in [2.45, 2.75) is 6.42 Å². The van der Waals surface area contributed by atoms with Crippen LogP contribution in [-0.2, 0) is 4.79 Å². The van der Waals surface area contributed by atoms with E-state index < -0.39 is 0 Å². The number of nitrogens with zero attached hydrogens (tertiary/aromatic N) is 1. The topological polar surface area (TPSA) is 29.4 Å². The molecule has 1 aromatic carbocycles. The van der Waals surface area contributed by atoms with Crippen LogP contribution in [-0.4, -0.2) is 12.0 Å². The first-order valence-electron chi connectivity index (χ1n) is 3.52. The number of para-hydroxylation sites is 1. The fourth-order valence-electron chi connectivity index (χ4n) is 1.20. The summed E-state index contributed by atoms with van der Waals surface area (Å²) in [6, 6.07) is 7.84. The molecular formula is C9H7NO. The van der Waals surface area contributed by atoms with E-state index in [2.05, 4.69) is 4.99 Å². The number of aldehydes is 1. The molecule has 1 aromatic rings. The lowest BCUT2D eigenvalue weighted by Crippen LogP contribution is -2.08. The molecule has 11 heavy (non-hydrogen) atoms. The molecule has 0 amide bonds. The van der Waals surface area contributed by atoms with Gasteiger partial charge in [-0.1, -0.05) is 18.2 Å². The summed E-state index contributed by atoms with van der Waals surface area (Å²) in [6.45, 7) is 0. The lowest BCUT2D eigenvalue weighted by Gasteiger charge is -2.15. The Labute approximate surface area is 64.6 Å². The molecule has 0 atom stereocenters. The van der Waals surface area contributed by atoms with Crippen LogP contribution in [0.3, 0.4) is 0 Å². The lowest BCUT2D eigenvalue weighted by atomic mass is 10.0. The van der Waals surface area contributed by atoms with Crippen molar-refractivity contribution in [1.29, 1.82) is 0 Å². The van der Waals surface area contributed by atoms with Crippen molar-refractivity contribution in [2.75, 3.05) is 0 Å². The molecule has 54 valence electrons. The minimum atomic E-state index is 0.441. The van der Waals surface area contributed by atoms with Gasteiger partial charge in [0.25, 0.3) is 0 Å². The largest absolute Gasteiger partial charge is 0.303 e. The van der Waals surface area contributed by atoms with Crippen LogP contribution in [0.2, 0.25) is 0 Å². The quantitative estimate of drug-likeness (QED) is 0.582. The summed E-state index contributed by atoms with van der Waals surface area (Å²) < 4.78 is 0. The van der Waals surface area contributed by atoms with Crippen LogP contribution in [0.1, 0.15) is 12.0 Å². The second-order valence-corrected chi connectivity index (χ2v) is 2.45. The molecule has 2 heteroatoms. The number of aliphatic imine (C=N–C) groups is 1. The average Bonchev–Trinajstić information content (AvgIpc) is 2.01. The highest BCUT2D eigenvalue weighted by atomic mass is 16.1. The molecule has 0 radical (unpaired) electrons. The first-order valence-corrected chi connectivity index (χ1v) is 3.52. The number of benzene rings is 1. The maximum Gasteiger partial charge on any atom is 0.125 e. The molecule has 0 aliphatic carbocycles. The van der Waals surface area contributed by atoms with Crippen LogP contribution < -0.4 is 0 Å². The fourth-order valence-corrected chi connectivity index (χ4v) is 1.20. The normalized spacial score (nSPS) is 12.9. The Bertz CT molecular complexity index is 328. The molecule has 0 unspecified atom stereocenters. The molecule has 2 nitrogen and oxygen atoms in total. The van der Waals surface area contributed by atoms with Gasteiger partial charge >= 0.3 is 0 Å². The predicted octanol–water partition coefficient (Wildman–Crippen LogP) is 1.71. The second kappa shape index (κ2) is 2.31. The Kier molecular flexibility index (Phi) is 1.32. The Morgan fingerprint density at radius 1 is 1.36 bits per heavy atom. The molecular weight excluding hydrogens is 138 g/mol. The smallest absolute Gasteiger partial charge is 0.125 e. The van der Waals surface area contributed by atoms with Crippen LogP contribution >= 0.6 is 0 Å². The summed E-state index contributed by atoms with van der Waals surface area (Å²) in [5, 5.41) is 0. The van der Waals surface area contributed by atoms with E-state index >= 15 is 0 Å². The van der Waals surface area contributed by atoms with Gasteiger partial charge in [-0.05, 0) is 6.07 Å². The maximum atomic E-state index is 10.1. The monoisotopic (exact) mass is 145 g/mol. The second-order valence-electron chi connectivity index (χ2n) is 2.45. The van der Waals surface area contributed by atoms with Crippen molar-refractivity contribution in [1.82, 2.24) is 0 Å². The van der Waals surface area contributed by atoms with Gasteiger partial charge in [-0.3, -0.25) is 4.99 Å². The number of fused-ring (bicyclic) bond motifs is 1. The van der Waals surface area contributed by atoms with Crippen molar-refractivity contribution in [3.63, 3.8) is 0 Å². The lowest BCUT2D eigenvalue weighted by molar-refractivity contribution is -0.106. The van der Waals surface area contributed by atoms with E-state index in [1.807, 2.05) is 24.3 Å². The van der Waals surface area contributed by atoms with Gasteiger partial charge in [0.15, 0.2) is 0 Å². The highest BCUT2D eigenvalue weighted by molar-refractivity contribution is 6.16. The molecule has 0 bridgehead atoms. The van der Waals surface area contributed by atoms with Crippen LogP contribution in [0, 0.1) is 0 Å². The van der Waals surface area contributed by atoms with Crippen LogP contribution in [0.5, 0.6) is 0 Å². The van der Waals surface area contributed by atoms with E-state index in [1.165, 1.54) is 0 Å². The number of rotatable bonds is 2. The average molecular weight is 145 g/mol. The van der Waals surface area contributed by atoms with Crippen LogP contribution in [0.25, 0.3) is 0 Å². The third kappa shape index (κ3) is 0.871. The van der Waals surface area contributed by atoms with Crippen LogP contribution in [0.15, 0.2) is 29.3 Å². The molecule has 0 spiro atoms. The molecule has 0 N–H and O–H groups in total. The number of hydrogen-bond donors (Lipinski definition) is 0. The summed E-state index contributed by atoms with van der Waals surface area (Å²) in [7, 11) is 0. The molecule has 0 saturated heterocycles. The molecule has 0 fully saturated rings. The zero-order chi connectivity index (χ0) is 7.68. The summed E-state index contributed by atoms with van der Waals surface area (Å²) >= 11 is 0. The number of carbonyl (C=O) groups is 1. The van der Waals surface area contributed by atoms with Gasteiger partial charge in [0.2, 0.25) is 0 Å². The summed E-state index contributed by atoms with van der Waals surface area (Å²) in [5.41, 5.74) is 3.04. The Balaban J connectivity index is 2.30. The van der Waals surface area contributed by atoms with Gasteiger partial charge in [-0.25, -0.2) is 0 Å². The Hall–Kier alpha value is -1.44. The van der Waals surface area contributed by atoms with Crippen molar-refractivity contribution in [3.05, 3.63) is 29.8 Å². The number of carbonyl (C=O) groups excluding carboxylic acids is 1. The molecule has 1 aliphatic rings. The number of hydrogen-bond acceptors (Lipinski definition) is 2. The molecule has 1 aliphatic heterocycles. The Morgan fingerprint density at radius 2 is 2.18 bits per heavy atom. The van der Waals surface area contributed by atoms with Gasteiger partial charge in [0.1, 0.15) is 6.29 Å². The van der Waals surface area contributed by atoms with Gasteiger partial charge in [-0.15, -0.1) is 0 Å². The molecule has 1 heterocycles. The van der Waals surface area contributed by atoms with E-state index in [-0.39, 0.29) is 0 Å².